The van der Waals surface area contributed by atoms with Crippen molar-refractivity contribution in [2.75, 3.05) is 19.6 Å². The van der Waals surface area contributed by atoms with E-state index in [1.54, 1.807) is 12.4 Å². The van der Waals surface area contributed by atoms with Gasteiger partial charge in [-0.1, -0.05) is 48.5 Å². The molecular formula is C26H26N6O2. The molecule has 1 amide bonds. The Balaban J connectivity index is 1.19. The molecular weight excluding hydrogens is 428 g/mol. The van der Waals surface area contributed by atoms with Gasteiger partial charge in [0.25, 0.3) is 0 Å². The van der Waals surface area contributed by atoms with Crippen molar-refractivity contribution in [2.45, 2.75) is 19.1 Å². The van der Waals surface area contributed by atoms with Crippen LogP contribution in [0.1, 0.15) is 23.1 Å². The summed E-state index contributed by atoms with van der Waals surface area (Å²) in [7, 11) is 0. The van der Waals surface area contributed by atoms with E-state index < -0.39 is 0 Å². The molecule has 0 radical (unpaired) electrons. The van der Waals surface area contributed by atoms with Crippen molar-refractivity contribution in [3.05, 3.63) is 96.1 Å². The van der Waals surface area contributed by atoms with Crippen molar-refractivity contribution >= 4 is 5.91 Å². The quantitative estimate of drug-likeness (QED) is 0.445. The molecule has 2 N–H and O–H groups in total. The maximum Gasteiger partial charge on any atom is 0.234 e. The Bertz CT molecular complexity index is 1230. The maximum absolute atomic E-state index is 12.7. The predicted molar refractivity (Wildman–Crippen MR) is 128 cm³/mol. The molecule has 8 heteroatoms. The van der Waals surface area contributed by atoms with E-state index in [9.17, 15) is 4.79 Å². The highest BCUT2D eigenvalue weighted by atomic mass is 16.5. The molecule has 0 spiro atoms. The average molecular weight is 455 g/mol. The number of fused-ring (bicyclic) bond motifs is 1. The van der Waals surface area contributed by atoms with Gasteiger partial charge in [-0.2, -0.15) is 5.10 Å². The molecule has 0 unspecified atom stereocenters. The van der Waals surface area contributed by atoms with Crippen LogP contribution >= 0.6 is 0 Å². The summed E-state index contributed by atoms with van der Waals surface area (Å²) < 4.78 is 6.34. The van der Waals surface area contributed by atoms with Crippen LogP contribution in [0.15, 0.2) is 79.1 Å². The van der Waals surface area contributed by atoms with Crippen molar-refractivity contribution in [2.24, 2.45) is 0 Å². The number of benzene rings is 2. The maximum atomic E-state index is 12.7. The highest BCUT2D eigenvalue weighted by Crippen LogP contribution is 2.30. The van der Waals surface area contributed by atoms with Gasteiger partial charge in [0.15, 0.2) is 5.82 Å². The summed E-state index contributed by atoms with van der Waals surface area (Å²) in [4.78, 5) is 23.4. The van der Waals surface area contributed by atoms with Crippen molar-refractivity contribution in [1.82, 2.24) is 30.4 Å². The Morgan fingerprint density at radius 2 is 1.85 bits per heavy atom. The molecule has 2 aromatic heterocycles. The number of rotatable bonds is 7. The lowest BCUT2D eigenvalue weighted by molar-refractivity contribution is -0.122. The molecule has 0 fully saturated rings. The van der Waals surface area contributed by atoms with E-state index in [4.69, 9.17) is 4.74 Å². The number of para-hydroxylation sites is 1. The lowest BCUT2D eigenvalue weighted by Crippen LogP contribution is -2.39. The number of hydrogen-bond acceptors (Lipinski definition) is 6. The van der Waals surface area contributed by atoms with Gasteiger partial charge in [0.1, 0.15) is 17.7 Å². The third-order valence-electron chi connectivity index (χ3n) is 5.75. The van der Waals surface area contributed by atoms with Crippen molar-refractivity contribution in [3.63, 3.8) is 0 Å². The van der Waals surface area contributed by atoms with Crippen molar-refractivity contribution in [3.8, 4) is 17.1 Å². The standard InChI is InChI=1S/C26H26N6O2/c33-25(28-15-12-24-29-26(31-30-24)20-10-13-27-14-11-20)18-32-16-21-8-4-5-9-22(21)34-23(17-32)19-6-2-1-3-7-19/h1-11,13-14,23H,12,15-18H2,(H,28,33)(H,29,30,31)/t23-/m1/s1. The zero-order valence-electron chi connectivity index (χ0n) is 18.7. The van der Waals surface area contributed by atoms with Gasteiger partial charge < -0.3 is 10.1 Å². The van der Waals surface area contributed by atoms with Crippen LogP contribution in [0, 0.1) is 0 Å². The normalized spacial score (nSPS) is 15.7. The highest BCUT2D eigenvalue weighted by molar-refractivity contribution is 5.78. The molecule has 0 saturated carbocycles. The fourth-order valence-corrected chi connectivity index (χ4v) is 4.06. The van der Waals surface area contributed by atoms with Gasteiger partial charge in [-0.25, -0.2) is 4.98 Å². The Morgan fingerprint density at radius 3 is 2.71 bits per heavy atom. The van der Waals surface area contributed by atoms with E-state index in [0.717, 1.165) is 28.3 Å². The van der Waals surface area contributed by atoms with Crippen LogP contribution in [-0.4, -0.2) is 50.6 Å². The molecule has 34 heavy (non-hydrogen) atoms. The summed E-state index contributed by atoms with van der Waals surface area (Å²) in [6.45, 7) is 2.06. The van der Waals surface area contributed by atoms with Crippen molar-refractivity contribution in [1.29, 1.82) is 0 Å². The minimum absolute atomic E-state index is 0.0277. The first-order valence-corrected chi connectivity index (χ1v) is 11.3. The number of aromatic amines is 1. The topological polar surface area (TPSA) is 96.0 Å². The van der Waals surface area contributed by atoms with E-state index in [1.165, 1.54) is 0 Å². The molecule has 0 saturated heterocycles. The summed E-state index contributed by atoms with van der Waals surface area (Å²) >= 11 is 0. The fourth-order valence-electron chi connectivity index (χ4n) is 4.06. The molecule has 1 atom stereocenters. The first-order chi connectivity index (χ1) is 16.7. The second-order valence-electron chi connectivity index (χ2n) is 8.24. The number of ether oxygens (including phenoxy) is 1. The second-order valence-corrected chi connectivity index (χ2v) is 8.24. The molecule has 8 nitrogen and oxygen atoms in total. The zero-order chi connectivity index (χ0) is 23.2. The molecule has 0 aliphatic carbocycles. The molecule has 4 aromatic rings. The van der Waals surface area contributed by atoms with E-state index in [0.29, 0.717) is 38.4 Å². The van der Waals surface area contributed by atoms with Crippen LogP contribution in [0.4, 0.5) is 0 Å². The Kier molecular flexibility index (Phi) is 6.58. The molecule has 0 bridgehead atoms. The Morgan fingerprint density at radius 1 is 1.06 bits per heavy atom. The summed E-state index contributed by atoms with van der Waals surface area (Å²) in [5.74, 6) is 2.20. The first-order valence-electron chi connectivity index (χ1n) is 11.3. The van der Waals surface area contributed by atoms with Gasteiger partial charge in [-0.15, -0.1) is 0 Å². The number of H-pyrrole nitrogens is 1. The minimum Gasteiger partial charge on any atom is -0.484 e. The summed E-state index contributed by atoms with van der Waals surface area (Å²) in [6.07, 6.45) is 3.85. The fraction of sp³-hybridized carbons (Fsp3) is 0.231. The van der Waals surface area contributed by atoms with Gasteiger partial charge in [-0.05, 0) is 23.8 Å². The number of nitrogens with one attached hydrogen (secondary N) is 2. The lowest BCUT2D eigenvalue weighted by Gasteiger charge is -2.23. The number of nitrogens with zero attached hydrogens (tertiary/aromatic N) is 4. The van der Waals surface area contributed by atoms with E-state index in [2.05, 4.69) is 48.6 Å². The molecule has 1 aliphatic heterocycles. The molecule has 3 heterocycles. The van der Waals surface area contributed by atoms with Crippen LogP contribution < -0.4 is 10.1 Å². The third kappa shape index (κ3) is 5.29. The van der Waals surface area contributed by atoms with Crippen LogP contribution in [0.3, 0.4) is 0 Å². The monoisotopic (exact) mass is 454 g/mol. The zero-order valence-corrected chi connectivity index (χ0v) is 18.7. The van der Waals surface area contributed by atoms with E-state index in [1.807, 2.05) is 48.5 Å². The predicted octanol–water partition coefficient (Wildman–Crippen LogP) is 3.16. The lowest BCUT2D eigenvalue weighted by atomic mass is 10.1. The largest absolute Gasteiger partial charge is 0.484 e. The summed E-state index contributed by atoms with van der Waals surface area (Å²) in [5, 5.41) is 10.2. The molecule has 2 aromatic carbocycles. The number of pyridine rings is 1. The van der Waals surface area contributed by atoms with Gasteiger partial charge in [0, 0.05) is 49.6 Å². The van der Waals surface area contributed by atoms with Crippen LogP contribution in [-0.2, 0) is 17.8 Å². The van der Waals surface area contributed by atoms with Gasteiger partial charge in [0.05, 0.1) is 6.54 Å². The molecule has 172 valence electrons. The first kappa shape index (κ1) is 21.8. The summed E-state index contributed by atoms with van der Waals surface area (Å²) in [5.41, 5.74) is 3.08. The van der Waals surface area contributed by atoms with Crippen LogP contribution in [0.5, 0.6) is 5.75 Å². The number of carbonyl (C=O) groups is 1. The highest BCUT2D eigenvalue weighted by Gasteiger charge is 2.25. The Hall–Kier alpha value is -4.04. The number of carbonyl (C=O) groups excluding carboxylic acids is 1. The third-order valence-corrected chi connectivity index (χ3v) is 5.75. The van der Waals surface area contributed by atoms with Crippen molar-refractivity contribution < 1.29 is 9.53 Å². The van der Waals surface area contributed by atoms with Crippen LogP contribution in [0.2, 0.25) is 0 Å². The minimum atomic E-state index is -0.140. The number of amides is 1. The smallest absolute Gasteiger partial charge is 0.234 e. The average Bonchev–Trinajstić information content (AvgIpc) is 3.26. The molecule has 5 rings (SSSR count). The second kappa shape index (κ2) is 10.3. The van der Waals surface area contributed by atoms with E-state index in [-0.39, 0.29) is 12.0 Å². The number of aromatic nitrogens is 4. The summed E-state index contributed by atoms with van der Waals surface area (Å²) in [6, 6.07) is 21.9. The SMILES string of the molecule is O=C(CN1Cc2ccccc2O[C@@H](c2ccccc2)C1)NCCc1nc(-c2ccncc2)n[nH]1. The van der Waals surface area contributed by atoms with Gasteiger partial charge in [-0.3, -0.25) is 19.8 Å². The van der Waals surface area contributed by atoms with Gasteiger partial charge in [0.2, 0.25) is 5.91 Å². The number of hydrogen-bond donors (Lipinski definition) is 2. The Labute approximate surface area is 198 Å². The van der Waals surface area contributed by atoms with Crippen LogP contribution in [0.25, 0.3) is 11.4 Å². The van der Waals surface area contributed by atoms with E-state index >= 15 is 0 Å². The van der Waals surface area contributed by atoms with Gasteiger partial charge >= 0.3 is 0 Å². The molecule has 1 aliphatic rings.